The van der Waals surface area contributed by atoms with Crippen molar-refractivity contribution in [1.29, 1.82) is 0 Å². The van der Waals surface area contributed by atoms with Crippen LogP contribution in [-0.4, -0.2) is 30.1 Å². The fourth-order valence-electron chi connectivity index (χ4n) is 4.20. The van der Waals surface area contributed by atoms with E-state index in [4.69, 9.17) is 0 Å². The number of aliphatic carboxylic acids is 1. The van der Waals surface area contributed by atoms with Gasteiger partial charge in [0.25, 0.3) is 0 Å². The van der Waals surface area contributed by atoms with Gasteiger partial charge in [-0.25, -0.2) is 4.79 Å². The van der Waals surface area contributed by atoms with Crippen molar-refractivity contribution in [2.75, 3.05) is 14.1 Å². The summed E-state index contributed by atoms with van der Waals surface area (Å²) >= 11 is 0. The number of hydrogen-bond donors (Lipinski definition) is 1. The highest BCUT2D eigenvalue weighted by Gasteiger charge is 2.14. The van der Waals surface area contributed by atoms with Gasteiger partial charge in [0.1, 0.15) is 0 Å². The molecule has 0 aliphatic heterocycles. The number of hydrogen-bond acceptors (Lipinski definition) is 2. The van der Waals surface area contributed by atoms with Crippen LogP contribution in [-0.2, 0) is 4.79 Å². The van der Waals surface area contributed by atoms with Gasteiger partial charge in [0, 0.05) is 19.8 Å². The first kappa shape index (κ1) is 28.0. The van der Waals surface area contributed by atoms with Crippen LogP contribution in [0.1, 0.15) is 136 Å². The molecule has 3 nitrogen and oxygen atoms in total. The minimum atomic E-state index is -0.743. The maximum Gasteiger partial charge on any atom is 0.333 e. The van der Waals surface area contributed by atoms with E-state index >= 15 is 0 Å². The van der Waals surface area contributed by atoms with E-state index in [1.165, 1.54) is 96.3 Å². The second-order valence-electron chi connectivity index (χ2n) is 8.89. The van der Waals surface area contributed by atoms with Gasteiger partial charge < -0.3 is 10.0 Å². The summed E-state index contributed by atoms with van der Waals surface area (Å²) in [6.45, 7) is 4.32. The van der Waals surface area contributed by atoms with Gasteiger partial charge in [0.15, 0.2) is 0 Å². The first-order chi connectivity index (χ1) is 14.0. The number of carboxylic acid groups (broad SMARTS) is 1. The van der Waals surface area contributed by atoms with Crippen LogP contribution in [0.4, 0.5) is 0 Å². The van der Waals surface area contributed by atoms with Gasteiger partial charge in [-0.3, -0.25) is 0 Å². The van der Waals surface area contributed by atoms with E-state index in [0.29, 0.717) is 12.0 Å². The molecule has 172 valence electrons. The summed E-state index contributed by atoms with van der Waals surface area (Å²) in [5.74, 6) is -0.743. The van der Waals surface area contributed by atoms with Crippen molar-refractivity contribution in [3.63, 3.8) is 0 Å². The first-order valence-corrected chi connectivity index (χ1v) is 12.7. The Balaban J connectivity index is 3.50. The van der Waals surface area contributed by atoms with Crippen LogP contribution in [0.15, 0.2) is 11.3 Å². The lowest BCUT2D eigenvalue weighted by Gasteiger charge is -2.19. The molecule has 0 aromatic heterocycles. The average Bonchev–Trinajstić information content (AvgIpc) is 2.69. The molecule has 0 rings (SSSR count). The van der Waals surface area contributed by atoms with Crippen molar-refractivity contribution < 1.29 is 9.90 Å². The Kier molecular flexibility index (Phi) is 19.6. The number of rotatable bonds is 21. The molecule has 0 aromatic rings. The Labute approximate surface area is 182 Å². The number of carbonyl (C=O) groups is 1. The molecule has 0 aromatic carbocycles. The average molecular weight is 410 g/mol. The molecule has 0 fully saturated rings. The molecular formula is C26H51NO2. The Morgan fingerprint density at radius 3 is 1.24 bits per heavy atom. The summed E-state index contributed by atoms with van der Waals surface area (Å²) in [7, 11) is 3.88. The normalized spacial score (nSPS) is 12.1. The monoisotopic (exact) mass is 409 g/mol. The highest BCUT2D eigenvalue weighted by molar-refractivity contribution is 5.87. The van der Waals surface area contributed by atoms with Crippen LogP contribution in [0.3, 0.4) is 0 Å². The molecule has 0 saturated heterocycles. The largest absolute Gasteiger partial charge is 0.478 e. The molecule has 0 radical (unpaired) electrons. The van der Waals surface area contributed by atoms with Crippen LogP contribution >= 0.6 is 0 Å². The summed E-state index contributed by atoms with van der Waals surface area (Å²) < 4.78 is 0. The minimum absolute atomic E-state index is 0.610. The van der Waals surface area contributed by atoms with Crippen molar-refractivity contribution in [2.24, 2.45) is 0 Å². The molecule has 0 aliphatic rings. The Morgan fingerprint density at radius 2 is 0.966 bits per heavy atom. The Morgan fingerprint density at radius 1 is 0.621 bits per heavy atom. The zero-order valence-electron chi connectivity index (χ0n) is 20.2. The summed E-state index contributed by atoms with van der Waals surface area (Å²) in [4.78, 5) is 13.5. The molecule has 29 heavy (non-hydrogen) atoms. The molecule has 0 unspecified atom stereocenters. The third kappa shape index (κ3) is 16.5. The molecular weight excluding hydrogens is 358 g/mol. The maximum atomic E-state index is 11.5. The van der Waals surface area contributed by atoms with Crippen molar-refractivity contribution in [2.45, 2.75) is 136 Å². The molecule has 0 heterocycles. The molecule has 0 amide bonds. The van der Waals surface area contributed by atoms with Crippen molar-refractivity contribution in [3.8, 4) is 0 Å². The fourth-order valence-corrected chi connectivity index (χ4v) is 4.20. The van der Waals surface area contributed by atoms with Gasteiger partial charge in [-0.2, -0.15) is 0 Å². The zero-order valence-corrected chi connectivity index (χ0v) is 20.2. The third-order valence-corrected chi connectivity index (χ3v) is 6.01. The quantitative estimate of drug-likeness (QED) is 0.153. The first-order valence-electron chi connectivity index (χ1n) is 12.7. The molecule has 3 heteroatoms. The molecule has 0 spiro atoms. The predicted octanol–water partition coefficient (Wildman–Crippen LogP) is 8.34. The van der Waals surface area contributed by atoms with E-state index in [1.54, 1.807) is 0 Å². The zero-order chi connectivity index (χ0) is 21.7. The van der Waals surface area contributed by atoms with Gasteiger partial charge in [0.05, 0.1) is 5.57 Å². The van der Waals surface area contributed by atoms with Gasteiger partial charge in [-0.1, -0.05) is 117 Å². The van der Waals surface area contributed by atoms with Crippen molar-refractivity contribution in [1.82, 2.24) is 4.90 Å². The predicted molar refractivity (Wildman–Crippen MR) is 127 cm³/mol. The van der Waals surface area contributed by atoms with Crippen LogP contribution in [0.5, 0.6) is 0 Å². The second-order valence-corrected chi connectivity index (χ2v) is 8.89. The minimum Gasteiger partial charge on any atom is -0.478 e. The third-order valence-electron chi connectivity index (χ3n) is 6.01. The molecule has 1 N–H and O–H groups in total. The van der Waals surface area contributed by atoms with Gasteiger partial charge in [0.2, 0.25) is 0 Å². The standard InChI is InChI=1S/C26H51NO2/c1-5-7-8-9-10-11-12-13-14-15-16-17-18-19-20-21-22-23-24(26(28)29)25(6-2)27(3)4/h5-23H2,1-4H3,(H,28,29). The van der Waals surface area contributed by atoms with Gasteiger partial charge in [-0.15, -0.1) is 0 Å². The summed E-state index contributed by atoms with van der Waals surface area (Å²) in [5.41, 5.74) is 1.58. The highest BCUT2D eigenvalue weighted by Crippen LogP contribution is 2.19. The maximum absolute atomic E-state index is 11.5. The smallest absolute Gasteiger partial charge is 0.333 e. The Hall–Kier alpha value is -0.990. The molecule has 0 saturated carbocycles. The van der Waals surface area contributed by atoms with Crippen molar-refractivity contribution in [3.05, 3.63) is 11.3 Å². The van der Waals surface area contributed by atoms with E-state index in [2.05, 4.69) is 6.92 Å². The molecule has 0 atom stereocenters. The highest BCUT2D eigenvalue weighted by atomic mass is 16.4. The van der Waals surface area contributed by atoms with E-state index in [1.807, 2.05) is 25.9 Å². The summed E-state index contributed by atoms with van der Waals surface area (Å²) in [5, 5.41) is 9.47. The number of allylic oxidation sites excluding steroid dienone is 1. The molecule has 0 bridgehead atoms. The van der Waals surface area contributed by atoms with Gasteiger partial charge >= 0.3 is 5.97 Å². The Bertz CT molecular complexity index is 415. The second kappa shape index (κ2) is 20.3. The number of nitrogens with zero attached hydrogens (tertiary/aromatic N) is 1. The van der Waals surface area contributed by atoms with E-state index in [-0.39, 0.29) is 0 Å². The van der Waals surface area contributed by atoms with Gasteiger partial charge in [-0.05, 0) is 19.3 Å². The summed E-state index contributed by atoms with van der Waals surface area (Å²) in [6.07, 6.45) is 24.5. The number of carboxylic acids is 1. The topological polar surface area (TPSA) is 40.5 Å². The van der Waals surface area contributed by atoms with E-state index < -0.39 is 5.97 Å². The fraction of sp³-hybridized carbons (Fsp3) is 0.885. The van der Waals surface area contributed by atoms with Crippen LogP contribution in [0.25, 0.3) is 0 Å². The van der Waals surface area contributed by atoms with Crippen molar-refractivity contribution >= 4 is 5.97 Å². The van der Waals surface area contributed by atoms with E-state index in [9.17, 15) is 9.90 Å². The van der Waals surface area contributed by atoms with Crippen LogP contribution in [0.2, 0.25) is 0 Å². The SMILES string of the molecule is CCCCCCCCCCCCCCCCCCCC(C(=O)O)=C(CC)N(C)C. The van der Waals surface area contributed by atoms with Crippen LogP contribution in [0, 0.1) is 0 Å². The lowest BCUT2D eigenvalue weighted by atomic mass is 10.0. The summed E-state index contributed by atoms with van der Waals surface area (Å²) in [6, 6.07) is 0. The van der Waals surface area contributed by atoms with E-state index in [0.717, 1.165) is 25.0 Å². The number of unbranched alkanes of at least 4 members (excludes halogenated alkanes) is 16. The molecule has 0 aliphatic carbocycles. The lowest BCUT2D eigenvalue weighted by molar-refractivity contribution is -0.133. The lowest BCUT2D eigenvalue weighted by Crippen LogP contribution is -2.17. The van der Waals surface area contributed by atoms with Crippen LogP contribution < -0.4 is 0 Å².